The van der Waals surface area contributed by atoms with Gasteiger partial charge in [-0.05, 0) is 48.4 Å². The molecular weight excluding hydrogens is 298 g/mol. The number of rotatable bonds is 4. The monoisotopic (exact) mass is 317 g/mol. The Morgan fingerprint density at radius 2 is 2.22 bits per heavy atom. The summed E-state index contributed by atoms with van der Waals surface area (Å²) in [6.07, 6.45) is 2.17. The first-order valence-electron chi connectivity index (χ1n) is 7.73. The number of amides is 2. The van der Waals surface area contributed by atoms with E-state index >= 15 is 0 Å². The lowest BCUT2D eigenvalue weighted by Crippen LogP contribution is -2.43. The van der Waals surface area contributed by atoms with Crippen molar-refractivity contribution < 1.29 is 14.2 Å². The number of benzene rings is 1. The number of aromatic nitrogens is 2. The summed E-state index contributed by atoms with van der Waals surface area (Å²) in [4.78, 5) is 26.3. The molecule has 8 nitrogen and oxygen atoms in total. The zero-order valence-corrected chi connectivity index (χ0v) is 12.9. The van der Waals surface area contributed by atoms with Crippen LogP contribution in [0.1, 0.15) is 19.8 Å². The molecule has 122 valence electrons. The third-order valence-corrected chi connectivity index (χ3v) is 4.14. The Bertz CT molecular complexity index is 714. The van der Waals surface area contributed by atoms with Gasteiger partial charge in [0.15, 0.2) is 5.52 Å². The zero-order chi connectivity index (χ0) is 16.2. The maximum Gasteiger partial charge on any atom is 0.313 e. The molecule has 1 aromatic heterocycles. The van der Waals surface area contributed by atoms with Gasteiger partial charge in [0, 0.05) is 12.6 Å². The quantitative estimate of drug-likeness (QED) is 0.808. The third-order valence-electron chi connectivity index (χ3n) is 4.14. The second-order valence-electron chi connectivity index (χ2n) is 5.53. The van der Waals surface area contributed by atoms with Gasteiger partial charge in [0.25, 0.3) is 0 Å². The fourth-order valence-corrected chi connectivity index (χ4v) is 2.92. The van der Waals surface area contributed by atoms with Crippen molar-refractivity contribution in [1.29, 1.82) is 0 Å². The van der Waals surface area contributed by atoms with E-state index in [4.69, 9.17) is 0 Å². The van der Waals surface area contributed by atoms with Crippen molar-refractivity contribution in [3.05, 3.63) is 18.2 Å². The van der Waals surface area contributed by atoms with Crippen molar-refractivity contribution in [2.45, 2.75) is 25.8 Å². The molecule has 1 aliphatic rings. The second kappa shape index (κ2) is 6.74. The van der Waals surface area contributed by atoms with Crippen LogP contribution in [0.3, 0.4) is 0 Å². The summed E-state index contributed by atoms with van der Waals surface area (Å²) in [7, 11) is 0. The van der Waals surface area contributed by atoms with Crippen LogP contribution < -0.4 is 10.6 Å². The van der Waals surface area contributed by atoms with E-state index in [-0.39, 0.29) is 0 Å². The SMILES string of the molecule is CCN1CCC[C@H]1CNC(=O)C(=O)Nc1cccc2nonc12. The van der Waals surface area contributed by atoms with Crippen LogP contribution in [0.5, 0.6) is 0 Å². The van der Waals surface area contributed by atoms with Gasteiger partial charge in [0.05, 0.1) is 5.69 Å². The molecule has 23 heavy (non-hydrogen) atoms. The summed E-state index contributed by atoms with van der Waals surface area (Å²) in [5.41, 5.74) is 1.34. The summed E-state index contributed by atoms with van der Waals surface area (Å²) >= 11 is 0. The number of fused-ring (bicyclic) bond motifs is 1. The Hall–Kier alpha value is -2.48. The maximum atomic E-state index is 12.0. The van der Waals surface area contributed by atoms with Crippen molar-refractivity contribution in [2.24, 2.45) is 0 Å². The van der Waals surface area contributed by atoms with Gasteiger partial charge in [-0.2, -0.15) is 0 Å². The summed E-state index contributed by atoms with van der Waals surface area (Å²) in [5, 5.41) is 12.7. The molecule has 2 N–H and O–H groups in total. The Morgan fingerprint density at radius 1 is 1.35 bits per heavy atom. The molecule has 2 amide bonds. The van der Waals surface area contributed by atoms with Crippen LogP contribution >= 0.6 is 0 Å². The van der Waals surface area contributed by atoms with Crippen LogP contribution in [-0.4, -0.2) is 52.7 Å². The minimum Gasteiger partial charge on any atom is -0.346 e. The fourth-order valence-electron chi connectivity index (χ4n) is 2.92. The Balaban J connectivity index is 1.57. The minimum atomic E-state index is -0.721. The largest absolute Gasteiger partial charge is 0.346 e. The van der Waals surface area contributed by atoms with Crippen LogP contribution in [0, 0.1) is 0 Å². The molecule has 0 saturated carbocycles. The maximum absolute atomic E-state index is 12.0. The van der Waals surface area contributed by atoms with Crippen molar-refractivity contribution in [1.82, 2.24) is 20.5 Å². The van der Waals surface area contributed by atoms with E-state index in [2.05, 4.69) is 37.4 Å². The fraction of sp³-hybridized carbons (Fsp3) is 0.467. The van der Waals surface area contributed by atoms with Crippen LogP contribution in [0.15, 0.2) is 22.8 Å². The first kappa shape index (κ1) is 15.4. The molecule has 2 aromatic rings. The van der Waals surface area contributed by atoms with Crippen molar-refractivity contribution >= 4 is 28.5 Å². The highest BCUT2D eigenvalue weighted by Gasteiger charge is 2.24. The van der Waals surface area contributed by atoms with Crippen molar-refractivity contribution in [3.63, 3.8) is 0 Å². The number of likely N-dealkylation sites (tertiary alicyclic amines) is 1. The van der Waals surface area contributed by atoms with Crippen molar-refractivity contribution in [2.75, 3.05) is 25.0 Å². The molecule has 2 heterocycles. The lowest BCUT2D eigenvalue weighted by atomic mass is 10.2. The number of likely N-dealkylation sites (N-methyl/N-ethyl adjacent to an activating group) is 1. The lowest BCUT2D eigenvalue weighted by molar-refractivity contribution is -0.136. The van der Waals surface area contributed by atoms with E-state index in [1.165, 1.54) is 0 Å². The van der Waals surface area contributed by atoms with Crippen LogP contribution in [0.25, 0.3) is 11.0 Å². The molecule has 0 bridgehead atoms. The zero-order valence-electron chi connectivity index (χ0n) is 12.9. The van der Waals surface area contributed by atoms with Crippen LogP contribution in [0.2, 0.25) is 0 Å². The Morgan fingerprint density at radius 3 is 3.04 bits per heavy atom. The van der Waals surface area contributed by atoms with Gasteiger partial charge < -0.3 is 10.6 Å². The number of nitrogens with zero attached hydrogens (tertiary/aromatic N) is 3. The van der Waals surface area contributed by atoms with E-state index in [0.717, 1.165) is 25.9 Å². The van der Waals surface area contributed by atoms with Crippen LogP contribution in [-0.2, 0) is 9.59 Å². The molecule has 1 saturated heterocycles. The number of carbonyl (C=O) groups is 2. The first-order valence-corrected chi connectivity index (χ1v) is 7.73. The molecule has 0 spiro atoms. The predicted octanol–water partition coefficient (Wildman–Crippen LogP) is 0.762. The normalized spacial score (nSPS) is 18.2. The van der Waals surface area contributed by atoms with E-state index < -0.39 is 11.8 Å². The highest BCUT2D eigenvalue weighted by Crippen LogP contribution is 2.19. The number of nitrogens with one attached hydrogen (secondary N) is 2. The molecule has 1 atom stereocenters. The molecule has 1 aliphatic heterocycles. The van der Waals surface area contributed by atoms with Crippen molar-refractivity contribution in [3.8, 4) is 0 Å². The predicted molar refractivity (Wildman–Crippen MR) is 83.7 cm³/mol. The number of hydrogen-bond donors (Lipinski definition) is 2. The Labute approximate surface area is 133 Å². The molecular formula is C15H19N5O3. The van der Waals surface area contributed by atoms with Gasteiger partial charge in [-0.15, -0.1) is 0 Å². The molecule has 0 radical (unpaired) electrons. The number of carbonyl (C=O) groups excluding carboxylic acids is 2. The van der Waals surface area contributed by atoms with Gasteiger partial charge in [-0.25, -0.2) is 4.63 Å². The second-order valence-corrected chi connectivity index (χ2v) is 5.53. The standard InChI is InChI=1S/C15H19N5O3/c1-2-20-8-4-5-10(20)9-16-14(21)15(22)17-11-6-3-7-12-13(11)19-23-18-12/h3,6-7,10H,2,4-5,8-9H2,1H3,(H,16,21)(H,17,22)/t10-/m0/s1. The highest BCUT2D eigenvalue weighted by molar-refractivity contribution is 6.40. The number of anilines is 1. The van der Waals surface area contributed by atoms with Gasteiger partial charge in [-0.3, -0.25) is 14.5 Å². The topological polar surface area (TPSA) is 100 Å². The minimum absolute atomic E-state index is 0.305. The van der Waals surface area contributed by atoms with Crippen LogP contribution in [0.4, 0.5) is 5.69 Å². The van der Waals surface area contributed by atoms with Gasteiger partial charge >= 0.3 is 11.8 Å². The average Bonchev–Trinajstić information content (AvgIpc) is 3.21. The molecule has 0 aliphatic carbocycles. The average molecular weight is 317 g/mol. The smallest absolute Gasteiger partial charge is 0.313 e. The molecule has 0 unspecified atom stereocenters. The van der Waals surface area contributed by atoms with E-state index in [1.54, 1.807) is 18.2 Å². The van der Waals surface area contributed by atoms with E-state index in [0.29, 0.717) is 29.3 Å². The Kier molecular flexibility index (Phi) is 4.52. The summed E-state index contributed by atoms with van der Waals surface area (Å²) in [6.45, 7) is 4.58. The summed E-state index contributed by atoms with van der Waals surface area (Å²) in [6, 6.07) is 5.37. The van der Waals surface area contributed by atoms with Gasteiger partial charge in [0.2, 0.25) is 0 Å². The summed E-state index contributed by atoms with van der Waals surface area (Å²) < 4.78 is 4.63. The lowest BCUT2D eigenvalue weighted by Gasteiger charge is -2.22. The molecule has 1 aromatic carbocycles. The molecule has 3 rings (SSSR count). The van der Waals surface area contributed by atoms with Gasteiger partial charge in [-0.1, -0.05) is 13.0 Å². The van der Waals surface area contributed by atoms with E-state index in [1.807, 2.05) is 0 Å². The highest BCUT2D eigenvalue weighted by atomic mass is 16.6. The first-order chi connectivity index (χ1) is 11.2. The molecule has 1 fully saturated rings. The number of hydrogen-bond acceptors (Lipinski definition) is 6. The third kappa shape index (κ3) is 3.31. The molecule has 8 heteroatoms. The summed E-state index contributed by atoms with van der Waals surface area (Å²) in [5.74, 6) is -1.37. The van der Waals surface area contributed by atoms with Gasteiger partial charge in [0.1, 0.15) is 5.52 Å². The van der Waals surface area contributed by atoms with E-state index in [9.17, 15) is 9.59 Å².